The summed E-state index contributed by atoms with van der Waals surface area (Å²) in [4.78, 5) is 10.7. The monoisotopic (exact) mass is 213 g/mol. The van der Waals surface area contributed by atoms with Gasteiger partial charge >= 0.3 is 0 Å². The molecule has 0 saturated carbocycles. The molecule has 5 nitrogen and oxygen atoms in total. The molecule has 1 unspecified atom stereocenters. The summed E-state index contributed by atoms with van der Waals surface area (Å²) in [5.74, 6) is -0.446. The van der Waals surface area contributed by atoms with Crippen LogP contribution in [0.1, 0.15) is 6.92 Å². The topological polar surface area (TPSA) is 72.5 Å². The molecule has 1 N–H and O–H groups in total. The van der Waals surface area contributed by atoms with Crippen LogP contribution < -0.4 is 9.84 Å². The van der Waals surface area contributed by atoms with E-state index in [9.17, 15) is 13.6 Å². The van der Waals surface area contributed by atoms with E-state index in [0.717, 1.165) is 4.41 Å². The SMILES string of the molecule is CC(=O)NN(c1ccccc1)S(=O)[O-]. The number of para-hydroxylation sites is 1. The molecule has 0 aliphatic rings. The zero-order valence-electron chi connectivity index (χ0n) is 7.47. The summed E-state index contributed by atoms with van der Waals surface area (Å²) in [6.45, 7) is 1.24. The number of hydrogen-bond donors (Lipinski definition) is 1. The molecule has 0 spiro atoms. The fraction of sp³-hybridized carbons (Fsp3) is 0.125. The van der Waals surface area contributed by atoms with Crippen LogP contribution >= 0.6 is 0 Å². The minimum Gasteiger partial charge on any atom is -0.754 e. The highest BCUT2D eigenvalue weighted by molar-refractivity contribution is 7.80. The summed E-state index contributed by atoms with van der Waals surface area (Å²) in [7, 11) is 0. The first-order valence-corrected chi connectivity index (χ1v) is 4.86. The predicted octanol–water partition coefficient (Wildman–Crippen LogP) is 0.338. The molecule has 6 heteroatoms. The lowest BCUT2D eigenvalue weighted by molar-refractivity contribution is -0.118. The molecule has 76 valence electrons. The molecule has 0 bridgehead atoms. The van der Waals surface area contributed by atoms with E-state index < -0.39 is 17.2 Å². The third kappa shape index (κ3) is 2.82. The van der Waals surface area contributed by atoms with Crippen LogP contribution in [0.25, 0.3) is 0 Å². The quantitative estimate of drug-likeness (QED) is 0.581. The Morgan fingerprint density at radius 1 is 1.43 bits per heavy atom. The van der Waals surface area contributed by atoms with Crippen molar-refractivity contribution in [3.63, 3.8) is 0 Å². The molecule has 0 aliphatic carbocycles. The van der Waals surface area contributed by atoms with E-state index in [1.165, 1.54) is 6.92 Å². The lowest BCUT2D eigenvalue weighted by Crippen LogP contribution is -2.42. The Labute approximate surface area is 84.1 Å². The second kappa shape index (κ2) is 4.73. The number of nitrogens with zero attached hydrogens (tertiary/aromatic N) is 1. The van der Waals surface area contributed by atoms with Gasteiger partial charge in [0.2, 0.25) is 5.91 Å². The largest absolute Gasteiger partial charge is 0.754 e. The van der Waals surface area contributed by atoms with Gasteiger partial charge in [0.1, 0.15) is 0 Å². The van der Waals surface area contributed by atoms with Crippen LogP contribution in [0, 0.1) is 0 Å². The first-order valence-electron chi connectivity index (χ1n) is 3.83. The summed E-state index contributed by atoms with van der Waals surface area (Å²) in [6, 6.07) is 8.26. The lowest BCUT2D eigenvalue weighted by Gasteiger charge is -2.25. The highest BCUT2D eigenvalue weighted by atomic mass is 32.2. The zero-order valence-corrected chi connectivity index (χ0v) is 8.28. The summed E-state index contributed by atoms with van der Waals surface area (Å²) in [5, 5.41) is 0. The van der Waals surface area contributed by atoms with Crippen LogP contribution in [0.5, 0.6) is 0 Å². The molecule has 1 amide bonds. The molecule has 0 saturated heterocycles. The van der Waals surface area contributed by atoms with E-state index in [2.05, 4.69) is 5.43 Å². The van der Waals surface area contributed by atoms with E-state index in [1.54, 1.807) is 30.3 Å². The first kappa shape index (κ1) is 10.7. The van der Waals surface area contributed by atoms with Crippen molar-refractivity contribution in [3.05, 3.63) is 30.3 Å². The maximum Gasteiger partial charge on any atom is 0.236 e. The lowest BCUT2D eigenvalue weighted by atomic mass is 10.3. The van der Waals surface area contributed by atoms with Gasteiger partial charge in [-0.3, -0.25) is 14.4 Å². The summed E-state index contributed by atoms with van der Waals surface area (Å²) in [5.41, 5.74) is 2.56. The highest BCUT2D eigenvalue weighted by Crippen LogP contribution is 2.11. The smallest absolute Gasteiger partial charge is 0.236 e. The Kier molecular flexibility index (Phi) is 3.61. The summed E-state index contributed by atoms with van der Waals surface area (Å²) >= 11 is -2.52. The van der Waals surface area contributed by atoms with Crippen LogP contribution in [0.15, 0.2) is 30.3 Å². The highest BCUT2D eigenvalue weighted by Gasteiger charge is 2.06. The molecule has 1 rings (SSSR count). The van der Waals surface area contributed by atoms with Crippen LogP contribution in [0.3, 0.4) is 0 Å². The van der Waals surface area contributed by atoms with Gasteiger partial charge in [0.15, 0.2) is 0 Å². The van der Waals surface area contributed by atoms with Crippen molar-refractivity contribution < 1.29 is 13.6 Å². The number of rotatable bonds is 3. The Hall–Kier alpha value is -1.40. The number of nitrogens with one attached hydrogen (secondary N) is 1. The van der Waals surface area contributed by atoms with Gasteiger partial charge in [-0.05, 0) is 12.1 Å². The molecule has 14 heavy (non-hydrogen) atoms. The van der Waals surface area contributed by atoms with E-state index >= 15 is 0 Å². The number of hydrogen-bond acceptors (Lipinski definition) is 3. The van der Waals surface area contributed by atoms with Crippen LogP contribution in [-0.4, -0.2) is 14.7 Å². The maximum absolute atomic E-state index is 10.7. The molecule has 0 radical (unpaired) electrons. The minimum atomic E-state index is -2.52. The number of carbonyl (C=O) groups excluding carboxylic acids is 1. The van der Waals surface area contributed by atoms with Crippen LogP contribution in [0.4, 0.5) is 5.69 Å². The molecular formula is C8H9N2O3S-. The van der Waals surface area contributed by atoms with Crippen molar-refractivity contribution in [2.45, 2.75) is 6.92 Å². The number of carbonyl (C=O) groups is 1. The number of hydrazine groups is 1. The molecule has 0 fully saturated rings. The van der Waals surface area contributed by atoms with Gasteiger partial charge in [-0.15, -0.1) is 0 Å². The second-order valence-corrected chi connectivity index (χ2v) is 3.31. The van der Waals surface area contributed by atoms with Gasteiger partial charge in [-0.1, -0.05) is 18.2 Å². The van der Waals surface area contributed by atoms with Crippen molar-refractivity contribution in [2.24, 2.45) is 0 Å². The molecule has 1 aromatic rings. The fourth-order valence-electron chi connectivity index (χ4n) is 0.894. The van der Waals surface area contributed by atoms with Gasteiger partial charge in [0.25, 0.3) is 0 Å². The third-order valence-electron chi connectivity index (χ3n) is 1.40. The molecule has 0 aromatic heterocycles. The van der Waals surface area contributed by atoms with Crippen LogP contribution in [0.2, 0.25) is 0 Å². The molecular weight excluding hydrogens is 204 g/mol. The first-order chi connectivity index (χ1) is 6.61. The Morgan fingerprint density at radius 3 is 2.43 bits per heavy atom. The van der Waals surface area contributed by atoms with E-state index in [4.69, 9.17) is 0 Å². The standard InChI is InChI=1S/C8H10N2O3S/c1-7(11)9-10(14(12)13)8-5-3-2-4-6-8/h2-6H,1H3,(H,9,11)(H,12,13)/p-1. The van der Waals surface area contributed by atoms with E-state index in [0.29, 0.717) is 5.69 Å². The summed E-state index contributed by atoms with van der Waals surface area (Å²) < 4.78 is 22.3. The van der Waals surface area contributed by atoms with Crippen molar-refractivity contribution in [3.8, 4) is 0 Å². The zero-order chi connectivity index (χ0) is 10.6. The fourth-order valence-corrected chi connectivity index (χ4v) is 1.39. The Balaban J connectivity index is 2.89. The number of amides is 1. The average molecular weight is 213 g/mol. The van der Waals surface area contributed by atoms with Gasteiger partial charge in [0.05, 0.1) is 17.0 Å². The summed E-state index contributed by atoms with van der Waals surface area (Å²) in [6.07, 6.45) is 0. The van der Waals surface area contributed by atoms with E-state index in [-0.39, 0.29) is 0 Å². The van der Waals surface area contributed by atoms with Gasteiger partial charge in [-0.2, -0.15) is 0 Å². The Bertz CT molecular complexity index is 342. The number of benzene rings is 1. The molecule has 0 aliphatic heterocycles. The normalized spacial score (nSPS) is 11.9. The average Bonchev–Trinajstić information content (AvgIpc) is 2.15. The minimum absolute atomic E-state index is 0.385. The second-order valence-electron chi connectivity index (χ2n) is 2.52. The van der Waals surface area contributed by atoms with Gasteiger partial charge in [0, 0.05) is 6.92 Å². The molecule has 1 aromatic carbocycles. The van der Waals surface area contributed by atoms with Crippen molar-refractivity contribution in [1.29, 1.82) is 0 Å². The molecule has 1 atom stereocenters. The maximum atomic E-state index is 10.7. The van der Waals surface area contributed by atoms with Crippen molar-refractivity contribution in [1.82, 2.24) is 5.43 Å². The van der Waals surface area contributed by atoms with Gasteiger partial charge < -0.3 is 4.55 Å². The van der Waals surface area contributed by atoms with Gasteiger partial charge in [-0.25, -0.2) is 4.41 Å². The van der Waals surface area contributed by atoms with Crippen molar-refractivity contribution in [2.75, 3.05) is 4.41 Å². The third-order valence-corrected chi connectivity index (χ3v) is 2.00. The predicted molar refractivity (Wildman–Crippen MR) is 51.7 cm³/mol. The van der Waals surface area contributed by atoms with Crippen molar-refractivity contribution >= 4 is 22.9 Å². The van der Waals surface area contributed by atoms with Crippen LogP contribution in [-0.2, 0) is 16.1 Å². The molecule has 0 heterocycles. The Morgan fingerprint density at radius 2 is 2.00 bits per heavy atom. The number of anilines is 1. The van der Waals surface area contributed by atoms with E-state index in [1.807, 2.05) is 0 Å².